The largest absolute Gasteiger partial charge is 0.479 e. The first-order valence-corrected chi connectivity index (χ1v) is 10.4. The highest BCUT2D eigenvalue weighted by Gasteiger charge is 2.33. The van der Waals surface area contributed by atoms with E-state index in [-0.39, 0.29) is 37.2 Å². The maximum atomic E-state index is 13.8. The fourth-order valence-electron chi connectivity index (χ4n) is 3.46. The van der Waals surface area contributed by atoms with Gasteiger partial charge in [0.1, 0.15) is 6.61 Å². The maximum absolute atomic E-state index is 13.8. The topological polar surface area (TPSA) is 123 Å². The van der Waals surface area contributed by atoms with Crippen LogP contribution in [0.15, 0.2) is 30.5 Å². The highest BCUT2D eigenvalue weighted by atomic mass is 35.5. The molecular weight excluding hydrogens is 496 g/mol. The predicted octanol–water partition coefficient (Wildman–Crippen LogP) is 1.59. The molecule has 1 aliphatic heterocycles. The van der Waals surface area contributed by atoms with Crippen LogP contribution in [0.2, 0.25) is 0 Å². The minimum absolute atomic E-state index is 0. The second kappa shape index (κ2) is 12.5. The maximum Gasteiger partial charge on any atom is 0.237 e. The van der Waals surface area contributed by atoms with Gasteiger partial charge in [-0.25, -0.2) is 8.78 Å². The number of rotatable bonds is 10. The molecule has 2 amide bonds. The third kappa shape index (κ3) is 7.12. The van der Waals surface area contributed by atoms with E-state index in [4.69, 9.17) is 10.5 Å². The Bertz CT molecular complexity index is 1050. The number of aromatic nitrogens is 1. The summed E-state index contributed by atoms with van der Waals surface area (Å²) in [6, 6.07) is 2.67. The minimum atomic E-state index is -1.81. The average molecular weight is 519 g/mol. The van der Waals surface area contributed by atoms with E-state index in [2.05, 4.69) is 15.6 Å². The van der Waals surface area contributed by atoms with Crippen LogP contribution in [0.25, 0.3) is 0 Å². The number of hydrogen-bond acceptors (Lipinski definition) is 6. The van der Waals surface area contributed by atoms with Gasteiger partial charge in [0.25, 0.3) is 0 Å². The zero-order chi connectivity index (χ0) is 24.8. The van der Waals surface area contributed by atoms with Crippen molar-refractivity contribution in [3.63, 3.8) is 0 Å². The highest BCUT2D eigenvalue weighted by Crippen LogP contribution is 2.26. The summed E-state index contributed by atoms with van der Waals surface area (Å²) < 4.78 is 59.2. The lowest BCUT2D eigenvalue weighted by molar-refractivity contribution is -0.131. The first-order valence-electron chi connectivity index (χ1n) is 10.4. The van der Waals surface area contributed by atoms with Crippen LogP contribution < -0.4 is 21.1 Å². The molecule has 0 aliphatic carbocycles. The van der Waals surface area contributed by atoms with Crippen LogP contribution in [0.3, 0.4) is 0 Å². The van der Waals surface area contributed by atoms with E-state index in [0.29, 0.717) is 18.7 Å². The number of nitrogens with one attached hydrogen (secondary N) is 2. The summed E-state index contributed by atoms with van der Waals surface area (Å²) in [5.41, 5.74) is 6.45. The van der Waals surface area contributed by atoms with Gasteiger partial charge in [-0.3, -0.25) is 19.4 Å². The van der Waals surface area contributed by atoms with Crippen LogP contribution in [0, 0.1) is 29.2 Å². The molecule has 2 aromatic rings. The van der Waals surface area contributed by atoms with E-state index in [1.54, 1.807) is 18.2 Å². The van der Waals surface area contributed by atoms with Gasteiger partial charge in [-0.2, -0.15) is 8.78 Å². The summed E-state index contributed by atoms with van der Waals surface area (Å²) in [5, 5.41) is 5.03. The van der Waals surface area contributed by atoms with E-state index in [0.717, 1.165) is 0 Å². The molecule has 2 heterocycles. The molecule has 3 unspecified atom stereocenters. The summed E-state index contributed by atoms with van der Waals surface area (Å²) in [7, 11) is 0. The number of carbonyl (C=O) groups excluding carboxylic acids is 3. The predicted molar refractivity (Wildman–Crippen MR) is 118 cm³/mol. The Morgan fingerprint density at radius 3 is 2.46 bits per heavy atom. The number of nitrogens with zero attached hydrogens (tertiary/aromatic N) is 1. The van der Waals surface area contributed by atoms with Gasteiger partial charge in [-0.05, 0) is 25.0 Å². The molecule has 8 nitrogen and oxygen atoms in total. The zero-order valence-electron chi connectivity index (χ0n) is 18.2. The molecule has 1 saturated heterocycles. The third-order valence-corrected chi connectivity index (χ3v) is 5.31. The van der Waals surface area contributed by atoms with Crippen LogP contribution in [-0.2, 0) is 20.8 Å². The summed E-state index contributed by atoms with van der Waals surface area (Å²) in [4.78, 5) is 41.4. The molecule has 1 fully saturated rings. The van der Waals surface area contributed by atoms with Crippen molar-refractivity contribution in [3.8, 4) is 5.75 Å². The normalized spacial score (nSPS) is 16.6. The fraction of sp³-hybridized carbons (Fsp3) is 0.364. The molecule has 1 aromatic heterocycles. The highest BCUT2D eigenvalue weighted by molar-refractivity contribution is 5.92. The molecule has 4 N–H and O–H groups in total. The molecular formula is C22H23ClF4N4O4. The van der Waals surface area contributed by atoms with Crippen molar-refractivity contribution in [2.24, 2.45) is 11.7 Å². The smallest absolute Gasteiger partial charge is 0.237 e. The lowest BCUT2D eigenvalue weighted by atomic mass is 9.95. The van der Waals surface area contributed by atoms with Gasteiger partial charge in [-0.15, -0.1) is 12.4 Å². The van der Waals surface area contributed by atoms with Crippen LogP contribution in [0.4, 0.5) is 17.6 Å². The van der Waals surface area contributed by atoms with Gasteiger partial charge in [0.2, 0.25) is 23.4 Å². The quantitative estimate of drug-likeness (QED) is 0.324. The van der Waals surface area contributed by atoms with Crippen LogP contribution in [-0.4, -0.2) is 47.8 Å². The van der Waals surface area contributed by atoms with E-state index in [1.165, 1.54) is 6.20 Å². The molecule has 13 heteroatoms. The minimum Gasteiger partial charge on any atom is -0.479 e. The third-order valence-electron chi connectivity index (χ3n) is 5.31. The standard InChI is InChI=1S/C22H22F4N4O4.ClH/c23-13-9-14(24)19(26)20(18(13)25)34-10-17(31)16(7-11-4-6-29-21(11)32)30-22(33)15(27)8-12-3-1-2-5-28-12;/h1-3,5,9,11,15-16H,4,6-8,10,27H2,(H,29,32)(H,30,33);1H. The SMILES string of the molecule is Cl.NC(Cc1ccccn1)C(=O)NC(CC1CCNC1=O)C(=O)COc1c(F)c(F)cc(F)c1F. The number of pyridine rings is 1. The number of carbonyl (C=O) groups is 3. The summed E-state index contributed by atoms with van der Waals surface area (Å²) >= 11 is 0. The van der Waals surface area contributed by atoms with Gasteiger partial charge in [0.05, 0.1) is 12.1 Å². The molecule has 0 bridgehead atoms. The van der Waals surface area contributed by atoms with Crippen molar-refractivity contribution in [1.29, 1.82) is 0 Å². The fourth-order valence-corrected chi connectivity index (χ4v) is 3.46. The number of amides is 2. The van der Waals surface area contributed by atoms with Gasteiger partial charge >= 0.3 is 0 Å². The monoisotopic (exact) mass is 518 g/mol. The number of ketones is 1. The molecule has 190 valence electrons. The number of benzene rings is 1. The van der Waals surface area contributed by atoms with Crippen molar-refractivity contribution in [2.75, 3.05) is 13.2 Å². The molecule has 1 aliphatic rings. The lowest BCUT2D eigenvalue weighted by Gasteiger charge is -2.22. The van der Waals surface area contributed by atoms with Gasteiger partial charge in [0, 0.05) is 36.8 Å². The Morgan fingerprint density at radius 1 is 1.20 bits per heavy atom. The Balaban J connectivity index is 0.00000432. The Kier molecular flexibility index (Phi) is 9.96. The van der Waals surface area contributed by atoms with Crippen molar-refractivity contribution in [2.45, 2.75) is 31.3 Å². The molecule has 3 rings (SSSR count). The van der Waals surface area contributed by atoms with E-state index in [1.807, 2.05) is 0 Å². The Morgan fingerprint density at radius 2 is 1.89 bits per heavy atom. The zero-order valence-corrected chi connectivity index (χ0v) is 19.0. The van der Waals surface area contributed by atoms with Crippen molar-refractivity contribution < 1.29 is 36.7 Å². The molecule has 0 radical (unpaired) electrons. The lowest BCUT2D eigenvalue weighted by Crippen LogP contribution is -2.51. The second-order valence-electron chi connectivity index (χ2n) is 7.76. The van der Waals surface area contributed by atoms with E-state index >= 15 is 0 Å². The molecule has 0 saturated carbocycles. The number of halogens is 5. The summed E-state index contributed by atoms with van der Waals surface area (Å²) in [6.45, 7) is -0.640. The number of Topliss-reactive ketones (excluding diaryl/α,β-unsaturated/α-hetero) is 1. The van der Waals surface area contributed by atoms with Gasteiger partial charge < -0.3 is 21.1 Å². The van der Waals surface area contributed by atoms with Crippen LogP contribution in [0.5, 0.6) is 5.75 Å². The molecule has 3 atom stereocenters. The molecule has 1 aromatic carbocycles. The van der Waals surface area contributed by atoms with Crippen LogP contribution in [0.1, 0.15) is 18.5 Å². The first-order chi connectivity index (χ1) is 16.2. The second-order valence-corrected chi connectivity index (χ2v) is 7.76. The Hall–Kier alpha value is -3.25. The van der Waals surface area contributed by atoms with Crippen molar-refractivity contribution >= 4 is 30.0 Å². The Labute approximate surface area is 204 Å². The average Bonchev–Trinajstić information content (AvgIpc) is 3.22. The summed E-state index contributed by atoms with van der Waals surface area (Å²) in [6.07, 6.45) is 1.86. The summed E-state index contributed by atoms with van der Waals surface area (Å²) in [5.74, 6) is -10.9. The number of hydrogen-bond donors (Lipinski definition) is 3. The van der Waals surface area contributed by atoms with Crippen LogP contribution >= 0.6 is 12.4 Å². The molecule has 35 heavy (non-hydrogen) atoms. The van der Waals surface area contributed by atoms with E-state index in [9.17, 15) is 31.9 Å². The molecule has 0 spiro atoms. The number of nitrogens with two attached hydrogens (primary N) is 1. The number of ether oxygens (including phenoxy) is 1. The van der Waals surface area contributed by atoms with Gasteiger partial charge in [0.15, 0.2) is 23.2 Å². The van der Waals surface area contributed by atoms with Crippen molar-refractivity contribution in [1.82, 2.24) is 15.6 Å². The van der Waals surface area contributed by atoms with Crippen molar-refractivity contribution in [3.05, 3.63) is 59.4 Å². The van der Waals surface area contributed by atoms with Gasteiger partial charge in [-0.1, -0.05) is 6.07 Å². The van der Waals surface area contributed by atoms with E-state index < -0.39 is 65.3 Å². The first kappa shape index (κ1) is 28.0.